The molecule has 2 atom stereocenters. The van der Waals surface area contributed by atoms with E-state index in [-0.39, 0.29) is 30.7 Å². The molecule has 0 aliphatic carbocycles. The van der Waals surface area contributed by atoms with Crippen LogP contribution in [0.1, 0.15) is 19.4 Å². The van der Waals surface area contributed by atoms with E-state index in [1.165, 1.54) is 4.90 Å². The van der Waals surface area contributed by atoms with Crippen molar-refractivity contribution < 1.29 is 19.5 Å². The summed E-state index contributed by atoms with van der Waals surface area (Å²) in [6.07, 6.45) is 0.206. The predicted molar refractivity (Wildman–Crippen MR) is 80.1 cm³/mol. The molecule has 1 aliphatic heterocycles. The quantitative estimate of drug-likeness (QED) is 0.756. The smallest absolute Gasteiger partial charge is 0.326 e. The number of nitrogens with zero attached hydrogens (tertiary/aromatic N) is 1. The van der Waals surface area contributed by atoms with Gasteiger partial charge in [0.05, 0.1) is 13.0 Å². The highest BCUT2D eigenvalue weighted by molar-refractivity contribution is 5.95. The summed E-state index contributed by atoms with van der Waals surface area (Å²) in [5, 5.41) is 11.8. The topological polar surface area (TPSA) is 86.7 Å². The van der Waals surface area contributed by atoms with Crippen LogP contribution < -0.4 is 5.32 Å². The second-order valence-electron chi connectivity index (χ2n) is 5.80. The van der Waals surface area contributed by atoms with E-state index in [1.807, 2.05) is 30.3 Å². The SMILES string of the molecule is CC(C)C(C(=O)O)N1CC(NC(=O)Cc2ccccc2)C1=O. The van der Waals surface area contributed by atoms with Crippen LogP contribution in [0.15, 0.2) is 30.3 Å². The van der Waals surface area contributed by atoms with E-state index in [0.29, 0.717) is 0 Å². The van der Waals surface area contributed by atoms with Crippen LogP contribution in [0.3, 0.4) is 0 Å². The number of carboxylic acids is 1. The fourth-order valence-electron chi connectivity index (χ4n) is 2.62. The highest BCUT2D eigenvalue weighted by Crippen LogP contribution is 2.20. The molecular weight excluding hydrogens is 284 g/mol. The van der Waals surface area contributed by atoms with Crippen molar-refractivity contribution in [3.63, 3.8) is 0 Å². The number of amides is 2. The fourth-order valence-corrected chi connectivity index (χ4v) is 2.62. The molecule has 6 nitrogen and oxygen atoms in total. The normalized spacial score (nSPS) is 18.8. The van der Waals surface area contributed by atoms with Gasteiger partial charge in [-0.15, -0.1) is 0 Å². The molecular formula is C16H20N2O4. The van der Waals surface area contributed by atoms with E-state index in [2.05, 4.69) is 5.32 Å². The van der Waals surface area contributed by atoms with Crippen molar-refractivity contribution in [2.24, 2.45) is 5.92 Å². The number of carboxylic acid groups (broad SMARTS) is 1. The average molecular weight is 304 g/mol. The maximum absolute atomic E-state index is 12.0. The molecule has 22 heavy (non-hydrogen) atoms. The van der Waals surface area contributed by atoms with Crippen LogP contribution in [0.25, 0.3) is 0 Å². The molecule has 2 amide bonds. The summed E-state index contributed by atoms with van der Waals surface area (Å²) >= 11 is 0. The molecule has 2 rings (SSSR count). The Bertz CT molecular complexity index is 571. The van der Waals surface area contributed by atoms with Crippen molar-refractivity contribution in [2.45, 2.75) is 32.4 Å². The zero-order valence-electron chi connectivity index (χ0n) is 12.7. The van der Waals surface area contributed by atoms with E-state index >= 15 is 0 Å². The van der Waals surface area contributed by atoms with E-state index < -0.39 is 18.1 Å². The number of carbonyl (C=O) groups excluding carboxylic acids is 2. The standard InChI is InChI=1S/C16H20N2O4/c1-10(2)14(16(21)22)18-9-12(15(18)20)17-13(19)8-11-6-4-3-5-7-11/h3-7,10,12,14H,8-9H2,1-2H3,(H,17,19)(H,21,22). The van der Waals surface area contributed by atoms with Crippen LogP contribution in [-0.4, -0.2) is 46.4 Å². The first kappa shape index (κ1) is 16.0. The number of hydrogen-bond acceptors (Lipinski definition) is 3. The lowest BCUT2D eigenvalue weighted by Crippen LogP contribution is -2.68. The summed E-state index contributed by atoms with van der Waals surface area (Å²) in [7, 11) is 0. The minimum atomic E-state index is -1.02. The monoisotopic (exact) mass is 304 g/mol. The van der Waals surface area contributed by atoms with E-state index in [1.54, 1.807) is 13.8 Å². The van der Waals surface area contributed by atoms with Gasteiger partial charge in [-0.2, -0.15) is 0 Å². The van der Waals surface area contributed by atoms with Crippen molar-refractivity contribution in [3.8, 4) is 0 Å². The zero-order valence-corrected chi connectivity index (χ0v) is 12.7. The van der Waals surface area contributed by atoms with Crippen LogP contribution in [0.2, 0.25) is 0 Å². The highest BCUT2D eigenvalue weighted by atomic mass is 16.4. The largest absolute Gasteiger partial charge is 0.480 e. The molecule has 2 unspecified atom stereocenters. The van der Waals surface area contributed by atoms with Gasteiger partial charge in [-0.25, -0.2) is 4.79 Å². The number of aliphatic carboxylic acids is 1. The first-order valence-electron chi connectivity index (χ1n) is 7.26. The van der Waals surface area contributed by atoms with Gasteiger partial charge in [0.15, 0.2) is 0 Å². The Morgan fingerprint density at radius 1 is 1.32 bits per heavy atom. The third-order valence-electron chi connectivity index (χ3n) is 3.72. The summed E-state index contributed by atoms with van der Waals surface area (Å²) in [5.41, 5.74) is 0.870. The van der Waals surface area contributed by atoms with Crippen molar-refractivity contribution in [1.82, 2.24) is 10.2 Å². The van der Waals surface area contributed by atoms with Gasteiger partial charge < -0.3 is 15.3 Å². The number of likely N-dealkylation sites (tertiary alicyclic amines) is 1. The van der Waals surface area contributed by atoms with Gasteiger partial charge in [0.2, 0.25) is 11.8 Å². The Balaban J connectivity index is 1.88. The average Bonchev–Trinajstić information content (AvgIpc) is 2.46. The van der Waals surface area contributed by atoms with Crippen molar-refractivity contribution in [3.05, 3.63) is 35.9 Å². The Morgan fingerprint density at radius 2 is 1.95 bits per heavy atom. The van der Waals surface area contributed by atoms with Gasteiger partial charge in [0, 0.05) is 0 Å². The molecule has 1 saturated heterocycles. The molecule has 0 radical (unpaired) electrons. The van der Waals surface area contributed by atoms with Gasteiger partial charge in [-0.05, 0) is 11.5 Å². The Labute approximate surface area is 129 Å². The number of rotatable bonds is 6. The molecule has 0 spiro atoms. The zero-order chi connectivity index (χ0) is 16.3. The van der Waals surface area contributed by atoms with Crippen molar-refractivity contribution >= 4 is 17.8 Å². The first-order valence-corrected chi connectivity index (χ1v) is 7.26. The van der Waals surface area contributed by atoms with Crippen LogP contribution in [-0.2, 0) is 20.8 Å². The molecule has 1 heterocycles. The molecule has 2 N–H and O–H groups in total. The maximum atomic E-state index is 12.0. The van der Waals surface area contributed by atoms with Gasteiger partial charge in [0.1, 0.15) is 12.1 Å². The van der Waals surface area contributed by atoms with Crippen LogP contribution in [0, 0.1) is 5.92 Å². The van der Waals surface area contributed by atoms with Crippen molar-refractivity contribution in [2.75, 3.05) is 6.54 Å². The van der Waals surface area contributed by atoms with Crippen LogP contribution in [0.5, 0.6) is 0 Å². The molecule has 1 fully saturated rings. The first-order chi connectivity index (χ1) is 10.4. The molecule has 118 valence electrons. The summed E-state index contributed by atoms with van der Waals surface area (Å²) in [6.45, 7) is 3.76. The van der Waals surface area contributed by atoms with Crippen molar-refractivity contribution in [1.29, 1.82) is 0 Å². The van der Waals surface area contributed by atoms with Gasteiger partial charge in [-0.1, -0.05) is 44.2 Å². The number of carbonyl (C=O) groups is 3. The summed E-state index contributed by atoms with van der Waals surface area (Å²) < 4.78 is 0. The number of nitrogens with one attached hydrogen (secondary N) is 1. The summed E-state index contributed by atoms with van der Waals surface area (Å²) in [6, 6.07) is 7.79. The van der Waals surface area contributed by atoms with E-state index in [4.69, 9.17) is 0 Å². The summed E-state index contributed by atoms with van der Waals surface area (Å²) in [5.74, 6) is -1.76. The van der Waals surface area contributed by atoms with Gasteiger partial charge in [0.25, 0.3) is 0 Å². The number of benzene rings is 1. The minimum Gasteiger partial charge on any atom is -0.480 e. The molecule has 1 aliphatic rings. The number of hydrogen-bond donors (Lipinski definition) is 2. The predicted octanol–water partition coefficient (Wildman–Crippen LogP) is 0.665. The van der Waals surface area contributed by atoms with E-state index in [9.17, 15) is 19.5 Å². The molecule has 6 heteroatoms. The maximum Gasteiger partial charge on any atom is 0.326 e. The number of β-lactam (4-membered cyclic amide) rings is 1. The highest BCUT2D eigenvalue weighted by Gasteiger charge is 2.45. The molecule has 0 saturated carbocycles. The molecule has 1 aromatic rings. The third kappa shape index (κ3) is 3.44. The molecule has 1 aromatic carbocycles. The summed E-state index contributed by atoms with van der Waals surface area (Å²) in [4.78, 5) is 36.5. The lowest BCUT2D eigenvalue weighted by atomic mass is 9.96. The van der Waals surface area contributed by atoms with Crippen LogP contribution >= 0.6 is 0 Å². The Hall–Kier alpha value is -2.37. The van der Waals surface area contributed by atoms with E-state index in [0.717, 1.165) is 5.56 Å². The second-order valence-corrected chi connectivity index (χ2v) is 5.80. The fraction of sp³-hybridized carbons (Fsp3) is 0.438. The molecule has 0 bridgehead atoms. The lowest BCUT2D eigenvalue weighted by molar-refractivity contribution is -0.162. The third-order valence-corrected chi connectivity index (χ3v) is 3.72. The van der Waals surface area contributed by atoms with Gasteiger partial charge in [-0.3, -0.25) is 9.59 Å². The second kappa shape index (κ2) is 6.60. The minimum absolute atomic E-state index is 0.178. The lowest BCUT2D eigenvalue weighted by Gasteiger charge is -2.43. The van der Waals surface area contributed by atoms with Gasteiger partial charge >= 0.3 is 5.97 Å². The van der Waals surface area contributed by atoms with Crippen LogP contribution in [0.4, 0.5) is 0 Å². The Morgan fingerprint density at radius 3 is 2.45 bits per heavy atom. The molecule has 0 aromatic heterocycles. The Kier molecular flexibility index (Phi) is 4.80.